The van der Waals surface area contributed by atoms with Crippen molar-refractivity contribution in [2.45, 2.75) is 25.5 Å². The molecule has 1 aliphatic heterocycles. The summed E-state index contributed by atoms with van der Waals surface area (Å²) in [4.78, 5) is 11.6. The third kappa shape index (κ3) is 2.61. The van der Waals surface area contributed by atoms with E-state index in [1.165, 1.54) is 25.3 Å². The maximum Gasteiger partial charge on any atom is 0.339 e. The van der Waals surface area contributed by atoms with Crippen molar-refractivity contribution >= 4 is 11.7 Å². The molecule has 2 unspecified atom stereocenters. The van der Waals surface area contributed by atoms with Gasteiger partial charge in [0.05, 0.1) is 30.5 Å². The van der Waals surface area contributed by atoms with Crippen LogP contribution < -0.4 is 5.32 Å². The molecule has 1 saturated heterocycles. The van der Waals surface area contributed by atoms with Crippen LogP contribution >= 0.6 is 0 Å². The Kier molecular flexibility index (Phi) is 3.81. The molecule has 2 rings (SSSR count). The van der Waals surface area contributed by atoms with Crippen molar-refractivity contribution in [3.63, 3.8) is 0 Å². The van der Waals surface area contributed by atoms with Crippen molar-refractivity contribution < 1.29 is 18.7 Å². The number of rotatable bonds is 3. The summed E-state index contributed by atoms with van der Waals surface area (Å²) in [6, 6.07) is 4.04. The lowest BCUT2D eigenvalue weighted by Crippen LogP contribution is -2.27. The molecule has 0 aliphatic carbocycles. The van der Waals surface area contributed by atoms with Crippen LogP contribution in [0.15, 0.2) is 18.2 Å². The second-order valence-electron chi connectivity index (χ2n) is 4.30. The first-order valence-electron chi connectivity index (χ1n) is 5.88. The zero-order chi connectivity index (χ0) is 13.1. The summed E-state index contributed by atoms with van der Waals surface area (Å²) < 4.78 is 23.4. The van der Waals surface area contributed by atoms with Crippen LogP contribution in [0, 0.1) is 5.82 Å². The number of ether oxygens (including phenoxy) is 2. The highest BCUT2D eigenvalue weighted by Crippen LogP contribution is 2.23. The van der Waals surface area contributed by atoms with Gasteiger partial charge in [-0.15, -0.1) is 0 Å². The molecule has 1 aromatic carbocycles. The molecule has 0 aromatic heterocycles. The summed E-state index contributed by atoms with van der Waals surface area (Å²) in [5.74, 6) is -0.874. The number of carbonyl (C=O) groups is 1. The highest BCUT2D eigenvalue weighted by atomic mass is 19.1. The number of anilines is 1. The SMILES string of the molecule is COC(=O)c1ccc(F)cc1NC1CCOC1C. The molecule has 18 heavy (non-hydrogen) atoms. The summed E-state index contributed by atoms with van der Waals surface area (Å²) in [7, 11) is 1.30. The second-order valence-corrected chi connectivity index (χ2v) is 4.30. The van der Waals surface area contributed by atoms with Crippen LogP contribution in [0.4, 0.5) is 10.1 Å². The van der Waals surface area contributed by atoms with Crippen LogP contribution in [0.5, 0.6) is 0 Å². The van der Waals surface area contributed by atoms with Crippen LogP contribution in [0.1, 0.15) is 23.7 Å². The quantitative estimate of drug-likeness (QED) is 0.839. The fourth-order valence-corrected chi connectivity index (χ4v) is 2.04. The van der Waals surface area contributed by atoms with E-state index < -0.39 is 11.8 Å². The Balaban J connectivity index is 2.24. The smallest absolute Gasteiger partial charge is 0.339 e. The van der Waals surface area contributed by atoms with Crippen LogP contribution in [0.3, 0.4) is 0 Å². The van der Waals surface area contributed by atoms with Gasteiger partial charge in [0.25, 0.3) is 0 Å². The van der Waals surface area contributed by atoms with Crippen molar-refractivity contribution in [1.82, 2.24) is 0 Å². The molecule has 0 spiro atoms. The predicted molar refractivity (Wildman–Crippen MR) is 65.2 cm³/mol. The Morgan fingerprint density at radius 2 is 2.33 bits per heavy atom. The topological polar surface area (TPSA) is 47.6 Å². The summed E-state index contributed by atoms with van der Waals surface area (Å²) in [5.41, 5.74) is 0.780. The lowest BCUT2D eigenvalue weighted by Gasteiger charge is -2.19. The van der Waals surface area contributed by atoms with Gasteiger partial charge in [-0.05, 0) is 31.5 Å². The van der Waals surface area contributed by atoms with E-state index in [1.54, 1.807) is 0 Å². The van der Waals surface area contributed by atoms with Gasteiger partial charge in [0.2, 0.25) is 0 Å². The van der Waals surface area contributed by atoms with Gasteiger partial charge < -0.3 is 14.8 Å². The molecule has 0 amide bonds. The molecule has 1 fully saturated rings. The molecular weight excluding hydrogens is 237 g/mol. The average molecular weight is 253 g/mol. The third-order valence-corrected chi connectivity index (χ3v) is 3.10. The highest BCUT2D eigenvalue weighted by Gasteiger charge is 2.25. The van der Waals surface area contributed by atoms with Gasteiger partial charge in [-0.1, -0.05) is 0 Å². The number of benzene rings is 1. The summed E-state index contributed by atoms with van der Waals surface area (Å²) >= 11 is 0. The minimum Gasteiger partial charge on any atom is -0.465 e. The Labute approximate surface area is 105 Å². The molecule has 0 radical (unpaired) electrons. The summed E-state index contributed by atoms with van der Waals surface area (Å²) in [6.45, 7) is 2.61. The first kappa shape index (κ1) is 12.8. The van der Waals surface area contributed by atoms with E-state index in [-0.39, 0.29) is 12.1 Å². The molecule has 98 valence electrons. The normalized spacial score (nSPS) is 22.8. The summed E-state index contributed by atoms with van der Waals surface area (Å²) in [6.07, 6.45) is 0.872. The number of hydrogen-bond donors (Lipinski definition) is 1. The number of nitrogens with one attached hydrogen (secondary N) is 1. The number of hydrogen-bond acceptors (Lipinski definition) is 4. The zero-order valence-electron chi connectivity index (χ0n) is 10.4. The van der Waals surface area contributed by atoms with Gasteiger partial charge in [0, 0.05) is 6.61 Å². The Hall–Kier alpha value is -1.62. The van der Waals surface area contributed by atoms with Crippen molar-refractivity contribution in [1.29, 1.82) is 0 Å². The van der Waals surface area contributed by atoms with Gasteiger partial charge >= 0.3 is 5.97 Å². The Bertz CT molecular complexity index is 450. The lowest BCUT2D eigenvalue weighted by molar-refractivity contribution is 0.0601. The van der Waals surface area contributed by atoms with E-state index in [4.69, 9.17) is 4.74 Å². The molecule has 1 aliphatic rings. The first-order valence-corrected chi connectivity index (χ1v) is 5.88. The van der Waals surface area contributed by atoms with E-state index in [0.717, 1.165) is 6.42 Å². The van der Waals surface area contributed by atoms with E-state index in [1.807, 2.05) is 6.92 Å². The van der Waals surface area contributed by atoms with Crippen molar-refractivity contribution in [2.24, 2.45) is 0 Å². The lowest BCUT2D eigenvalue weighted by atomic mass is 10.1. The van der Waals surface area contributed by atoms with Crippen molar-refractivity contribution in [2.75, 3.05) is 19.0 Å². The van der Waals surface area contributed by atoms with E-state index in [0.29, 0.717) is 17.9 Å². The zero-order valence-corrected chi connectivity index (χ0v) is 10.4. The van der Waals surface area contributed by atoms with Crippen molar-refractivity contribution in [3.8, 4) is 0 Å². The van der Waals surface area contributed by atoms with Gasteiger partial charge in [0.15, 0.2) is 0 Å². The van der Waals surface area contributed by atoms with Crippen LogP contribution in [-0.2, 0) is 9.47 Å². The maximum absolute atomic E-state index is 13.3. The monoisotopic (exact) mass is 253 g/mol. The fraction of sp³-hybridized carbons (Fsp3) is 0.462. The van der Waals surface area contributed by atoms with Gasteiger partial charge in [-0.3, -0.25) is 0 Å². The van der Waals surface area contributed by atoms with Gasteiger partial charge in [0.1, 0.15) is 5.82 Å². The Morgan fingerprint density at radius 3 is 2.94 bits per heavy atom. The third-order valence-electron chi connectivity index (χ3n) is 3.10. The molecule has 1 heterocycles. The largest absolute Gasteiger partial charge is 0.465 e. The minimum absolute atomic E-state index is 0.0405. The maximum atomic E-state index is 13.3. The van der Waals surface area contributed by atoms with Gasteiger partial charge in [-0.2, -0.15) is 0 Å². The molecule has 0 bridgehead atoms. The molecular formula is C13H16FNO3. The molecule has 1 N–H and O–H groups in total. The second kappa shape index (κ2) is 5.35. The van der Waals surface area contributed by atoms with E-state index in [2.05, 4.69) is 10.1 Å². The molecule has 5 heteroatoms. The van der Waals surface area contributed by atoms with Crippen LogP contribution in [0.25, 0.3) is 0 Å². The van der Waals surface area contributed by atoms with Crippen LogP contribution in [0.2, 0.25) is 0 Å². The standard InChI is InChI=1S/C13H16FNO3/c1-8-11(5-6-18-8)15-12-7-9(14)3-4-10(12)13(16)17-2/h3-4,7-8,11,15H,5-6H2,1-2H3. The molecule has 0 saturated carbocycles. The molecule has 4 nitrogen and oxygen atoms in total. The summed E-state index contributed by atoms with van der Waals surface area (Å²) in [5, 5.41) is 3.15. The number of esters is 1. The predicted octanol–water partition coefficient (Wildman–Crippen LogP) is 2.20. The molecule has 1 aromatic rings. The van der Waals surface area contributed by atoms with E-state index in [9.17, 15) is 9.18 Å². The van der Waals surface area contributed by atoms with E-state index >= 15 is 0 Å². The number of carbonyl (C=O) groups excluding carboxylic acids is 1. The highest BCUT2D eigenvalue weighted by molar-refractivity contribution is 5.95. The number of halogens is 1. The van der Waals surface area contributed by atoms with Crippen LogP contribution in [-0.4, -0.2) is 31.8 Å². The molecule has 2 atom stereocenters. The Morgan fingerprint density at radius 1 is 1.56 bits per heavy atom. The first-order chi connectivity index (χ1) is 8.61. The number of methoxy groups -OCH3 is 1. The minimum atomic E-state index is -0.482. The fourth-order valence-electron chi connectivity index (χ4n) is 2.04. The van der Waals surface area contributed by atoms with Gasteiger partial charge in [-0.25, -0.2) is 9.18 Å². The average Bonchev–Trinajstić information content (AvgIpc) is 2.74. The van der Waals surface area contributed by atoms with Crippen molar-refractivity contribution in [3.05, 3.63) is 29.6 Å².